The minimum atomic E-state index is -0.539. The minimum Gasteiger partial charge on any atom is -0.433 e. The van der Waals surface area contributed by atoms with E-state index in [4.69, 9.17) is 4.74 Å². The van der Waals surface area contributed by atoms with Crippen LogP contribution in [0, 0.1) is 26.6 Å². The van der Waals surface area contributed by atoms with Gasteiger partial charge in [0.25, 0.3) is 0 Å². The summed E-state index contributed by atoms with van der Waals surface area (Å²) in [5.74, 6) is -0.783. The lowest BCUT2D eigenvalue weighted by molar-refractivity contribution is 0.0260. The van der Waals surface area contributed by atoms with Gasteiger partial charge in [-0.2, -0.15) is 0 Å². The van der Waals surface area contributed by atoms with Crippen LogP contribution in [0.3, 0.4) is 0 Å². The van der Waals surface area contributed by atoms with E-state index in [0.717, 1.165) is 22.3 Å². The molecular formula is C18H18FNO2. The van der Waals surface area contributed by atoms with Crippen LogP contribution in [0.1, 0.15) is 38.8 Å². The predicted octanol–water partition coefficient (Wildman–Crippen LogP) is 4.06. The average Bonchev–Trinajstić information content (AvgIpc) is 2.43. The van der Waals surface area contributed by atoms with Crippen molar-refractivity contribution in [2.45, 2.75) is 27.0 Å². The number of cyclic esters (lactones) is 1. The second-order valence-corrected chi connectivity index (χ2v) is 5.84. The summed E-state index contributed by atoms with van der Waals surface area (Å²) in [4.78, 5) is 14.1. The fraction of sp³-hybridized carbons (Fsp3) is 0.278. The number of aryl methyl sites for hydroxylation is 3. The summed E-state index contributed by atoms with van der Waals surface area (Å²) in [5, 5.41) is 0. The van der Waals surface area contributed by atoms with Crippen LogP contribution in [0.2, 0.25) is 0 Å². The average molecular weight is 299 g/mol. The Morgan fingerprint density at radius 3 is 2.36 bits per heavy atom. The summed E-state index contributed by atoms with van der Waals surface area (Å²) in [7, 11) is 1.81. The topological polar surface area (TPSA) is 29.5 Å². The van der Waals surface area contributed by atoms with Crippen LogP contribution >= 0.6 is 0 Å². The van der Waals surface area contributed by atoms with E-state index in [2.05, 4.69) is 12.1 Å². The second kappa shape index (κ2) is 5.13. The first-order chi connectivity index (χ1) is 10.4. The van der Waals surface area contributed by atoms with E-state index in [1.807, 2.05) is 32.7 Å². The van der Waals surface area contributed by atoms with Crippen molar-refractivity contribution in [3.63, 3.8) is 0 Å². The summed E-state index contributed by atoms with van der Waals surface area (Å²) >= 11 is 0. The van der Waals surface area contributed by atoms with Crippen LogP contribution in [0.25, 0.3) is 0 Å². The van der Waals surface area contributed by atoms with Gasteiger partial charge in [-0.1, -0.05) is 17.7 Å². The van der Waals surface area contributed by atoms with Gasteiger partial charge in [0.15, 0.2) is 0 Å². The van der Waals surface area contributed by atoms with Gasteiger partial charge in [-0.15, -0.1) is 0 Å². The van der Waals surface area contributed by atoms with Crippen LogP contribution in [0.4, 0.5) is 10.1 Å². The monoisotopic (exact) mass is 299 g/mol. The molecule has 1 aliphatic heterocycles. The highest BCUT2D eigenvalue weighted by molar-refractivity contribution is 5.97. The van der Waals surface area contributed by atoms with Crippen LogP contribution in [0.15, 0.2) is 30.3 Å². The van der Waals surface area contributed by atoms with E-state index in [1.54, 1.807) is 0 Å². The normalized spacial score (nSPS) is 17.2. The third kappa shape index (κ3) is 2.25. The maximum absolute atomic E-state index is 13.6. The van der Waals surface area contributed by atoms with Crippen molar-refractivity contribution >= 4 is 11.7 Å². The molecule has 0 aliphatic carbocycles. The Balaban J connectivity index is 2.13. The van der Waals surface area contributed by atoms with Gasteiger partial charge in [-0.05, 0) is 50.1 Å². The molecule has 0 bridgehead atoms. The molecule has 0 fully saturated rings. The van der Waals surface area contributed by atoms with E-state index in [9.17, 15) is 9.18 Å². The Hall–Kier alpha value is -2.36. The van der Waals surface area contributed by atoms with E-state index < -0.39 is 12.2 Å². The molecule has 2 aromatic carbocycles. The number of benzene rings is 2. The Labute approximate surface area is 129 Å². The zero-order valence-corrected chi connectivity index (χ0v) is 13.1. The largest absolute Gasteiger partial charge is 0.433 e. The van der Waals surface area contributed by atoms with Crippen LogP contribution in [0.5, 0.6) is 0 Å². The van der Waals surface area contributed by atoms with Crippen molar-refractivity contribution in [1.29, 1.82) is 0 Å². The number of nitrogens with zero attached hydrogens (tertiary/aromatic N) is 1. The Morgan fingerprint density at radius 2 is 1.73 bits per heavy atom. The fourth-order valence-corrected chi connectivity index (χ4v) is 3.17. The molecule has 0 saturated carbocycles. The van der Waals surface area contributed by atoms with E-state index >= 15 is 0 Å². The Bertz CT molecular complexity index is 747. The minimum absolute atomic E-state index is 0.364. The number of hydrogen-bond acceptors (Lipinski definition) is 3. The van der Waals surface area contributed by atoms with E-state index in [0.29, 0.717) is 11.3 Å². The molecule has 0 N–H and O–H groups in total. The van der Waals surface area contributed by atoms with Gasteiger partial charge in [0, 0.05) is 12.6 Å². The fourth-order valence-electron chi connectivity index (χ4n) is 3.17. The van der Waals surface area contributed by atoms with Gasteiger partial charge in [0.05, 0.1) is 11.3 Å². The van der Waals surface area contributed by atoms with Crippen LogP contribution in [-0.4, -0.2) is 13.0 Å². The maximum atomic E-state index is 13.6. The number of carbonyl (C=O) groups excluding carboxylic acids is 1. The summed E-state index contributed by atoms with van der Waals surface area (Å²) in [6.45, 7) is 6.03. The van der Waals surface area contributed by atoms with Gasteiger partial charge in [-0.3, -0.25) is 0 Å². The highest BCUT2D eigenvalue weighted by Gasteiger charge is 2.33. The number of halogens is 1. The molecule has 0 spiro atoms. The van der Waals surface area contributed by atoms with Gasteiger partial charge < -0.3 is 9.64 Å². The van der Waals surface area contributed by atoms with E-state index in [-0.39, 0.29) is 5.82 Å². The van der Waals surface area contributed by atoms with Gasteiger partial charge >= 0.3 is 5.97 Å². The predicted molar refractivity (Wildman–Crippen MR) is 83.6 cm³/mol. The number of fused-ring (bicyclic) bond motifs is 1. The highest BCUT2D eigenvalue weighted by Crippen LogP contribution is 2.38. The Morgan fingerprint density at radius 1 is 1.09 bits per heavy atom. The molecule has 22 heavy (non-hydrogen) atoms. The number of rotatable bonds is 1. The molecule has 0 saturated heterocycles. The smallest absolute Gasteiger partial charge is 0.342 e. The van der Waals surface area contributed by atoms with Crippen LogP contribution in [-0.2, 0) is 4.74 Å². The quantitative estimate of drug-likeness (QED) is 0.744. The standard InChI is InChI=1S/C18H18FNO2/c1-10-7-11(2)16(12(3)8-10)17-20(4)15-9-13(19)5-6-14(15)18(21)22-17/h5-9,17H,1-4H3. The second-order valence-electron chi connectivity index (χ2n) is 5.84. The maximum Gasteiger partial charge on any atom is 0.342 e. The molecule has 1 unspecified atom stereocenters. The summed E-state index contributed by atoms with van der Waals surface area (Å²) in [6.07, 6.45) is -0.539. The summed E-state index contributed by atoms with van der Waals surface area (Å²) < 4.78 is 19.2. The molecular weight excluding hydrogens is 281 g/mol. The number of ether oxygens (including phenoxy) is 1. The number of carbonyl (C=O) groups is 1. The lowest BCUT2D eigenvalue weighted by Crippen LogP contribution is -2.35. The number of hydrogen-bond donors (Lipinski definition) is 0. The Kier molecular flexibility index (Phi) is 3.39. The number of esters is 1. The lowest BCUT2D eigenvalue weighted by atomic mass is 9.96. The molecule has 0 radical (unpaired) electrons. The van der Waals surface area contributed by atoms with Crippen molar-refractivity contribution in [3.8, 4) is 0 Å². The third-order valence-electron chi connectivity index (χ3n) is 4.12. The summed E-state index contributed by atoms with van der Waals surface area (Å²) in [6, 6.07) is 8.24. The first kappa shape index (κ1) is 14.6. The number of anilines is 1. The molecule has 3 rings (SSSR count). The molecule has 1 atom stereocenters. The van der Waals surface area contributed by atoms with Gasteiger partial charge in [0.2, 0.25) is 6.23 Å². The first-order valence-corrected chi connectivity index (χ1v) is 7.19. The lowest BCUT2D eigenvalue weighted by Gasteiger charge is -2.36. The van der Waals surface area contributed by atoms with Gasteiger partial charge in [0.1, 0.15) is 5.82 Å². The van der Waals surface area contributed by atoms with Gasteiger partial charge in [-0.25, -0.2) is 9.18 Å². The molecule has 1 aliphatic rings. The van der Waals surface area contributed by atoms with Crippen molar-refractivity contribution in [2.24, 2.45) is 0 Å². The van der Waals surface area contributed by atoms with Crippen molar-refractivity contribution < 1.29 is 13.9 Å². The van der Waals surface area contributed by atoms with E-state index in [1.165, 1.54) is 18.2 Å². The molecule has 1 heterocycles. The molecule has 2 aromatic rings. The summed E-state index contributed by atoms with van der Waals surface area (Å²) in [5.41, 5.74) is 5.18. The first-order valence-electron chi connectivity index (χ1n) is 7.19. The van der Waals surface area contributed by atoms with Crippen molar-refractivity contribution in [2.75, 3.05) is 11.9 Å². The molecule has 3 nitrogen and oxygen atoms in total. The van der Waals surface area contributed by atoms with Crippen molar-refractivity contribution in [1.82, 2.24) is 0 Å². The molecule has 114 valence electrons. The third-order valence-corrected chi connectivity index (χ3v) is 4.12. The zero-order valence-electron chi connectivity index (χ0n) is 13.1. The molecule has 4 heteroatoms. The zero-order chi connectivity index (χ0) is 16.0. The SMILES string of the molecule is Cc1cc(C)c(C2OC(=O)c3ccc(F)cc3N2C)c(C)c1. The highest BCUT2D eigenvalue weighted by atomic mass is 19.1. The molecule has 0 aromatic heterocycles. The van der Waals surface area contributed by atoms with Crippen molar-refractivity contribution in [3.05, 3.63) is 64.0 Å². The molecule has 0 amide bonds. The van der Waals surface area contributed by atoms with Crippen LogP contribution < -0.4 is 4.90 Å².